The Bertz CT molecular complexity index is 99.7. The Labute approximate surface area is 72.5 Å². The zero-order chi connectivity index (χ0) is 8.10. The minimum atomic E-state index is -0.171. The normalized spacial score (nSPS) is 23.5. The number of rotatable bonds is 4. The van der Waals surface area contributed by atoms with Crippen LogP contribution in [-0.2, 0) is 4.43 Å². The van der Waals surface area contributed by atoms with Gasteiger partial charge in [-0.25, -0.2) is 0 Å². The Morgan fingerprint density at radius 1 is 1.45 bits per heavy atom. The van der Waals surface area contributed by atoms with Crippen LogP contribution in [0.15, 0.2) is 0 Å². The molecule has 0 heterocycles. The third kappa shape index (κ3) is 3.39. The lowest BCUT2D eigenvalue weighted by molar-refractivity contribution is 0.224. The third-order valence-electron chi connectivity index (χ3n) is 2.67. The van der Waals surface area contributed by atoms with Crippen molar-refractivity contribution >= 4 is 9.76 Å². The van der Waals surface area contributed by atoms with Crippen molar-refractivity contribution in [3.8, 4) is 0 Å². The maximum absolute atomic E-state index is 5.81. The van der Waals surface area contributed by atoms with E-state index in [0.29, 0.717) is 6.10 Å². The van der Waals surface area contributed by atoms with E-state index < -0.39 is 0 Å². The summed E-state index contributed by atoms with van der Waals surface area (Å²) in [5.41, 5.74) is 1.02. The summed E-state index contributed by atoms with van der Waals surface area (Å²) >= 11 is 0. The highest BCUT2D eigenvalue weighted by Gasteiger charge is 2.16. The molecule has 0 aromatic heterocycles. The summed E-state index contributed by atoms with van der Waals surface area (Å²) in [6, 6.07) is 0. The van der Waals surface area contributed by atoms with Gasteiger partial charge in [-0.15, -0.1) is 0 Å². The third-order valence-corrected chi connectivity index (χ3v) is 4.72. The molecule has 66 valence electrons. The average Bonchev–Trinajstić information content (AvgIpc) is 2.52. The van der Waals surface area contributed by atoms with Crippen molar-refractivity contribution in [2.45, 2.75) is 57.6 Å². The van der Waals surface area contributed by atoms with Gasteiger partial charge in [-0.3, -0.25) is 0 Å². The second-order valence-corrected chi connectivity index (χ2v) is 5.52. The van der Waals surface area contributed by atoms with Crippen LogP contribution >= 0.6 is 0 Å². The van der Waals surface area contributed by atoms with E-state index in [-0.39, 0.29) is 9.76 Å². The molecule has 0 aromatic rings. The van der Waals surface area contributed by atoms with E-state index in [0.717, 1.165) is 5.54 Å². The van der Waals surface area contributed by atoms with Crippen LogP contribution < -0.4 is 0 Å². The molecule has 1 nitrogen and oxygen atoms in total. The van der Waals surface area contributed by atoms with Crippen LogP contribution in [0.4, 0.5) is 0 Å². The topological polar surface area (TPSA) is 9.23 Å². The first kappa shape index (κ1) is 9.27. The molecule has 1 fully saturated rings. The maximum atomic E-state index is 5.81. The van der Waals surface area contributed by atoms with Gasteiger partial charge in [0.25, 0.3) is 0 Å². The van der Waals surface area contributed by atoms with Crippen molar-refractivity contribution in [3.05, 3.63) is 0 Å². The van der Waals surface area contributed by atoms with Crippen LogP contribution in [0.2, 0.25) is 5.54 Å². The van der Waals surface area contributed by atoms with Gasteiger partial charge in [0.1, 0.15) is 0 Å². The molecule has 0 N–H and O–H groups in total. The monoisotopic (exact) mass is 172 g/mol. The Morgan fingerprint density at radius 3 is 2.64 bits per heavy atom. The van der Waals surface area contributed by atoms with Crippen molar-refractivity contribution in [2.75, 3.05) is 0 Å². The molecule has 0 radical (unpaired) electrons. The Morgan fingerprint density at radius 2 is 2.09 bits per heavy atom. The summed E-state index contributed by atoms with van der Waals surface area (Å²) < 4.78 is 5.81. The van der Waals surface area contributed by atoms with Gasteiger partial charge in [0.05, 0.1) is 0 Å². The van der Waals surface area contributed by atoms with Crippen molar-refractivity contribution in [1.82, 2.24) is 0 Å². The first-order chi connectivity index (χ1) is 5.33. The number of hydrogen-bond donors (Lipinski definition) is 0. The SMILES string of the molecule is CCC(C)O[SiH2]C1CCCC1. The summed E-state index contributed by atoms with van der Waals surface area (Å²) in [6.45, 7) is 4.40. The van der Waals surface area contributed by atoms with Gasteiger partial charge in [-0.1, -0.05) is 32.6 Å². The van der Waals surface area contributed by atoms with Gasteiger partial charge in [0.2, 0.25) is 0 Å². The first-order valence-corrected chi connectivity index (χ1v) is 6.34. The standard InChI is InChI=1S/C9H20OSi/c1-3-8(2)10-11-9-6-4-5-7-9/h8-9H,3-7,11H2,1-2H3. The molecule has 1 aliphatic carbocycles. The van der Waals surface area contributed by atoms with E-state index in [9.17, 15) is 0 Å². The number of hydrogen-bond acceptors (Lipinski definition) is 1. The van der Waals surface area contributed by atoms with E-state index >= 15 is 0 Å². The molecule has 11 heavy (non-hydrogen) atoms. The van der Waals surface area contributed by atoms with Crippen LogP contribution in [-0.4, -0.2) is 15.9 Å². The predicted octanol–water partition coefficient (Wildman–Crippen LogP) is 2.25. The van der Waals surface area contributed by atoms with Crippen LogP contribution in [0, 0.1) is 0 Å². The second kappa shape index (κ2) is 4.94. The van der Waals surface area contributed by atoms with Gasteiger partial charge < -0.3 is 4.43 Å². The Balaban J connectivity index is 2.01. The Kier molecular flexibility index (Phi) is 4.16. The molecule has 0 saturated heterocycles. The highest BCUT2D eigenvalue weighted by Crippen LogP contribution is 2.29. The lowest BCUT2D eigenvalue weighted by Crippen LogP contribution is -2.13. The summed E-state index contributed by atoms with van der Waals surface area (Å²) in [4.78, 5) is 0. The van der Waals surface area contributed by atoms with E-state index in [1.54, 1.807) is 0 Å². The summed E-state index contributed by atoms with van der Waals surface area (Å²) in [7, 11) is -0.171. The molecule has 1 aliphatic rings. The van der Waals surface area contributed by atoms with Crippen molar-refractivity contribution in [1.29, 1.82) is 0 Å². The molecule has 1 unspecified atom stereocenters. The molecule has 1 rings (SSSR count). The van der Waals surface area contributed by atoms with Crippen LogP contribution in [0.25, 0.3) is 0 Å². The van der Waals surface area contributed by atoms with Gasteiger partial charge in [0, 0.05) is 6.10 Å². The minimum Gasteiger partial charge on any atom is -0.421 e. The largest absolute Gasteiger partial charge is 0.421 e. The van der Waals surface area contributed by atoms with E-state index in [2.05, 4.69) is 13.8 Å². The zero-order valence-electron chi connectivity index (χ0n) is 7.81. The molecule has 0 amide bonds. The van der Waals surface area contributed by atoms with Crippen LogP contribution in [0.1, 0.15) is 46.0 Å². The quantitative estimate of drug-likeness (QED) is 0.591. The van der Waals surface area contributed by atoms with E-state index in [1.807, 2.05) is 0 Å². The van der Waals surface area contributed by atoms with Gasteiger partial charge in [-0.2, -0.15) is 0 Å². The lowest BCUT2D eigenvalue weighted by Gasteiger charge is -2.13. The zero-order valence-corrected chi connectivity index (χ0v) is 9.22. The van der Waals surface area contributed by atoms with Gasteiger partial charge in [-0.05, 0) is 18.9 Å². The molecule has 1 atom stereocenters. The van der Waals surface area contributed by atoms with Crippen LogP contribution in [0.5, 0.6) is 0 Å². The smallest absolute Gasteiger partial charge is 0.165 e. The lowest BCUT2D eigenvalue weighted by atomic mass is 10.3. The molecule has 0 aliphatic heterocycles. The average molecular weight is 172 g/mol. The summed E-state index contributed by atoms with van der Waals surface area (Å²) in [5, 5.41) is 0. The highest BCUT2D eigenvalue weighted by molar-refractivity contribution is 6.29. The van der Waals surface area contributed by atoms with Crippen LogP contribution in [0.3, 0.4) is 0 Å². The van der Waals surface area contributed by atoms with Crippen molar-refractivity contribution in [2.24, 2.45) is 0 Å². The fourth-order valence-electron chi connectivity index (χ4n) is 1.60. The maximum Gasteiger partial charge on any atom is 0.165 e. The van der Waals surface area contributed by atoms with Gasteiger partial charge in [0.15, 0.2) is 9.76 Å². The molecular weight excluding hydrogens is 152 g/mol. The van der Waals surface area contributed by atoms with Gasteiger partial charge >= 0.3 is 0 Å². The molecule has 0 aromatic carbocycles. The molecule has 0 spiro atoms. The fourth-order valence-corrected chi connectivity index (χ4v) is 3.34. The summed E-state index contributed by atoms with van der Waals surface area (Å²) in [5.74, 6) is 0. The summed E-state index contributed by atoms with van der Waals surface area (Å²) in [6.07, 6.45) is 7.55. The molecular formula is C9H20OSi. The molecule has 0 bridgehead atoms. The minimum absolute atomic E-state index is 0.171. The first-order valence-electron chi connectivity index (χ1n) is 4.94. The van der Waals surface area contributed by atoms with Crippen molar-refractivity contribution in [3.63, 3.8) is 0 Å². The fraction of sp³-hybridized carbons (Fsp3) is 1.00. The second-order valence-electron chi connectivity index (χ2n) is 3.70. The van der Waals surface area contributed by atoms with Crippen molar-refractivity contribution < 1.29 is 4.43 Å². The predicted molar refractivity (Wildman–Crippen MR) is 51.6 cm³/mol. The van der Waals surface area contributed by atoms with E-state index in [1.165, 1.54) is 32.1 Å². The van der Waals surface area contributed by atoms with E-state index in [4.69, 9.17) is 4.43 Å². The Hall–Kier alpha value is 0.177. The molecule has 2 heteroatoms. The highest BCUT2D eigenvalue weighted by atomic mass is 28.2. The molecule has 1 saturated carbocycles.